The quantitative estimate of drug-likeness (QED) is 0.698. The molecule has 1 aliphatic heterocycles. The number of hydrogen-bond acceptors (Lipinski definition) is 4. The Hall–Kier alpha value is -2.24. The summed E-state index contributed by atoms with van der Waals surface area (Å²) < 4.78 is 5.71. The van der Waals surface area contributed by atoms with Gasteiger partial charge in [0.05, 0.1) is 16.5 Å². The molecule has 1 saturated heterocycles. The van der Waals surface area contributed by atoms with Gasteiger partial charge in [0.15, 0.2) is 0 Å². The molecule has 0 aliphatic carbocycles. The van der Waals surface area contributed by atoms with Crippen LogP contribution < -0.4 is 0 Å². The molecule has 5 heteroatoms. The zero-order chi connectivity index (χ0) is 17.2. The van der Waals surface area contributed by atoms with Gasteiger partial charge in [0.2, 0.25) is 0 Å². The van der Waals surface area contributed by atoms with Crippen LogP contribution in [0.3, 0.4) is 0 Å². The molecule has 3 heterocycles. The lowest BCUT2D eigenvalue weighted by molar-refractivity contribution is 0.0790. The predicted octanol–water partition coefficient (Wildman–Crippen LogP) is 4.42. The van der Waals surface area contributed by atoms with Crippen LogP contribution in [-0.2, 0) is 11.3 Å². The third kappa shape index (κ3) is 3.30. The second kappa shape index (κ2) is 6.94. The number of thiophene rings is 1. The number of hydrogen-bond donors (Lipinski definition) is 0. The van der Waals surface area contributed by atoms with Crippen molar-refractivity contribution in [2.24, 2.45) is 0 Å². The Labute approximate surface area is 151 Å². The zero-order valence-electron chi connectivity index (χ0n) is 14.1. The Kier molecular flexibility index (Phi) is 4.51. The lowest BCUT2D eigenvalue weighted by atomic mass is 10.1. The summed E-state index contributed by atoms with van der Waals surface area (Å²) in [6, 6.07) is 14.0. The lowest BCUT2D eigenvalue weighted by Gasteiger charge is -2.17. The minimum absolute atomic E-state index is 0.0511. The van der Waals surface area contributed by atoms with E-state index in [0.29, 0.717) is 6.54 Å². The molecule has 1 atom stereocenters. The second-order valence-corrected chi connectivity index (χ2v) is 7.47. The fourth-order valence-corrected chi connectivity index (χ4v) is 4.35. The Balaban J connectivity index is 1.52. The monoisotopic (exact) mass is 352 g/mol. The molecule has 3 aromatic rings. The van der Waals surface area contributed by atoms with E-state index < -0.39 is 0 Å². The van der Waals surface area contributed by atoms with Gasteiger partial charge in [0.25, 0.3) is 5.91 Å². The van der Waals surface area contributed by atoms with Gasteiger partial charge in [-0.05, 0) is 42.7 Å². The summed E-state index contributed by atoms with van der Waals surface area (Å²) in [7, 11) is 1.85. The Bertz CT molecular complexity index is 894. The number of fused-ring (bicyclic) bond motifs is 1. The maximum Gasteiger partial charge on any atom is 0.263 e. The van der Waals surface area contributed by atoms with Crippen molar-refractivity contribution in [1.29, 1.82) is 0 Å². The van der Waals surface area contributed by atoms with E-state index in [1.54, 1.807) is 22.4 Å². The third-order valence-corrected chi connectivity index (χ3v) is 5.74. The van der Waals surface area contributed by atoms with Crippen LogP contribution in [0, 0.1) is 0 Å². The van der Waals surface area contributed by atoms with Crippen LogP contribution in [0.5, 0.6) is 0 Å². The maximum atomic E-state index is 12.8. The maximum absolute atomic E-state index is 12.8. The molecule has 1 aliphatic rings. The molecule has 128 valence electrons. The molecule has 1 aromatic carbocycles. The van der Waals surface area contributed by atoms with Crippen LogP contribution in [0.25, 0.3) is 10.9 Å². The average molecular weight is 352 g/mol. The van der Waals surface area contributed by atoms with Crippen molar-refractivity contribution in [1.82, 2.24) is 9.88 Å². The molecule has 4 rings (SSSR count). The number of pyridine rings is 1. The Morgan fingerprint density at radius 1 is 1.28 bits per heavy atom. The van der Waals surface area contributed by atoms with Crippen molar-refractivity contribution in [2.75, 3.05) is 13.7 Å². The SMILES string of the molecule is CN(Cc1cccc2ncccc12)C(=O)c1ccc(C2CCCO2)s1. The molecule has 0 N–H and O–H groups in total. The molecule has 1 amide bonds. The number of carbonyl (C=O) groups excluding carboxylic acids is 1. The highest BCUT2D eigenvalue weighted by Gasteiger charge is 2.22. The van der Waals surface area contributed by atoms with Crippen LogP contribution in [-0.4, -0.2) is 29.4 Å². The highest BCUT2D eigenvalue weighted by Crippen LogP contribution is 2.33. The van der Waals surface area contributed by atoms with Crippen molar-refractivity contribution >= 4 is 28.1 Å². The van der Waals surface area contributed by atoms with Gasteiger partial charge in [-0.2, -0.15) is 0 Å². The van der Waals surface area contributed by atoms with Crippen molar-refractivity contribution in [3.8, 4) is 0 Å². The normalized spacial score (nSPS) is 17.1. The van der Waals surface area contributed by atoms with Gasteiger partial charge in [-0.3, -0.25) is 9.78 Å². The molecule has 1 fully saturated rings. The van der Waals surface area contributed by atoms with Crippen LogP contribution in [0.15, 0.2) is 48.7 Å². The van der Waals surface area contributed by atoms with Gasteiger partial charge in [-0.15, -0.1) is 11.3 Å². The Morgan fingerprint density at radius 2 is 2.20 bits per heavy atom. The minimum atomic E-state index is 0.0511. The van der Waals surface area contributed by atoms with Crippen molar-refractivity contribution in [2.45, 2.75) is 25.5 Å². The van der Waals surface area contributed by atoms with Crippen LogP contribution in [0.4, 0.5) is 0 Å². The summed E-state index contributed by atoms with van der Waals surface area (Å²) in [5.74, 6) is 0.0511. The number of rotatable bonds is 4. The van der Waals surface area contributed by atoms with Crippen LogP contribution in [0.1, 0.15) is 39.1 Å². The fourth-order valence-electron chi connectivity index (χ4n) is 3.26. The standard InChI is InChI=1S/C20H20N2O2S/c1-22(13-14-5-2-7-16-15(14)6-3-11-21-16)20(23)19-10-9-18(25-19)17-8-4-12-24-17/h2-3,5-7,9-11,17H,4,8,12-13H2,1H3. The second-order valence-electron chi connectivity index (χ2n) is 6.35. The number of carbonyl (C=O) groups is 1. The van der Waals surface area contributed by atoms with E-state index in [2.05, 4.69) is 17.1 Å². The first-order valence-corrected chi connectivity index (χ1v) is 9.33. The molecular formula is C20H20N2O2S. The molecular weight excluding hydrogens is 332 g/mol. The summed E-state index contributed by atoms with van der Waals surface area (Å²) >= 11 is 1.55. The minimum Gasteiger partial charge on any atom is -0.373 e. The van der Waals surface area contributed by atoms with E-state index in [1.807, 2.05) is 37.4 Å². The first-order valence-electron chi connectivity index (χ1n) is 8.52. The summed E-state index contributed by atoms with van der Waals surface area (Å²) in [6.45, 7) is 1.38. The average Bonchev–Trinajstić information content (AvgIpc) is 3.32. The largest absolute Gasteiger partial charge is 0.373 e. The first kappa shape index (κ1) is 16.2. The molecule has 25 heavy (non-hydrogen) atoms. The number of amides is 1. The molecule has 0 saturated carbocycles. The lowest BCUT2D eigenvalue weighted by Crippen LogP contribution is -2.25. The fraction of sp³-hybridized carbons (Fsp3) is 0.300. The molecule has 0 spiro atoms. The molecule has 0 radical (unpaired) electrons. The smallest absolute Gasteiger partial charge is 0.263 e. The zero-order valence-corrected chi connectivity index (χ0v) is 15.0. The van der Waals surface area contributed by atoms with Gasteiger partial charge in [-0.25, -0.2) is 0 Å². The molecule has 0 bridgehead atoms. The topological polar surface area (TPSA) is 42.4 Å². The highest BCUT2D eigenvalue weighted by molar-refractivity contribution is 7.14. The number of nitrogens with zero attached hydrogens (tertiary/aromatic N) is 2. The summed E-state index contributed by atoms with van der Waals surface area (Å²) in [4.78, 5) is 20.9. The van der Waals surface area contributed by atoms with Gasteiger partial charge >= 0.3 is 0 Å². The third-order valence-electron chi connectivity index (χ3n) is 4.57. The number of benzene rings is 1. The van der Waals surface area contributed by atoms with Gasteiger partial charge in [0.1, 0.15) is 0 Å². The van der Waals surface area contributed by atoms with E-state index in [-0.39, 0.29) is 12.0 Å². The molecule has 1 unspecified atom stereocenters. The van der Waals surface area contributed by atoms with Gasteiger partial charge in [-0.1, -0.05) is 18.2 Å². The molecule has 2 aromatic heterocycles. The van der Waals surface area contributed by atoms with Gasteiger partial charge < -0.3 is 9.64 Å². The van der Waals surface area contributed by atoms with E-state index in [9.17, 15) is 4.79 Å². The Morgan fingerprint density at radius 3 is 3.04 bits per heavy atom. The van der Waals surface area contributed by atoms with E-state index in [0.717, 1.165) is 45.7 Å². The summed E-state index contributed by atoms with van der Waals surface area (Å²) in [6.07, 6.45) is 4.11. The first-order chi connectivity index (χ1) is 12.2. The van der Waals surface area contributed by atoms with Crippen LogP contribution in [0.2, 0.25) is 0 Å². The molecule has 4 nitrogen and oxygen atoms in total. The van der Waals surface area contributed by atoms with E-state index in [1.165, 1.54) is 0 Å². The highest BCUT2D eigenvalue weighted by atomic mass is 32.1. The van der Waals surface area contributed by atoms with Gasteiger partial charge in [0, 0.05) is 36.7 Å². The van der Waals surface area contributed by atoms with Crippen molar-refractivity contribution in [3.63, 3.8) is 0 Å². The number of ether oxygens (including phenoxy) is 1. The van der Waals surface area contributed by atoms with E-state index >= 15 is 0 Å². The van der Waals surface area contributed by atoms with Crippen LogP contribution >= 0.6 is 11.3 Å². The van der Waals surface area contributed by atoms with Crippen molar-refractivity contribution in [3.05, 3.63) is 64.0 Å². The summed E-state index contributed by atoms with van der Waals surface area (Å²) in [5, 5.41) is 1.09. The van der Waals surface area contributed by atoms with E-state index in [4.69, 9.17) is 4.74 Å². The summed E-state index contributed by atoms with van der Waals surface area (Å²) in [5.41, 5.74) is 2.06. The predicted molar refractivity (Wildman–Crippen MR) is 99.8 cm³/mol. The van der Waals surface area contributed by atoms with Crippen molar-refractivity contribution < 1.29 is 9.53 Å². The number of aromatic nitrogens is 1.